The fraction of sp³-hybridized carbons (Fsp3) is 0.560. The van der Waals surface area contributed by atoms with Crippen LogP contribution in [0.4, 0.5) is 4.79 Å². The maximum absolute atomic E-state index is 11.6. The molecule has 0 aliphatic carbocycles. The van der Waals surface area contributed by atoms with E-state index in [4.69, 9.17) is 0 Å². The predicted octanol–water partition coefficient (Wildman–Crippen LogP) is 8.20. The lowest BCUT2D eigenvalue weighted by Gasteiger charge is -2.31. The van der Waals surface area contributed by atoms with Crippen LogP contribution < -0.4 is 38.6 Å². The van der Waals surface area contributed by atoms with Crippen molar-refractivity contribution in [1.82, 2.24) is 45.5 Å². The topological polar surface area (TPSA) is 272 Å². The van der Waals surface area contributed by atoms with Gasteiger partial charge in [0.1, 0.15) is 11.4 Å². The summed E-state index contributed by atoms with van der Waals surface area (Å²) in [7, 11) is 0. The Morgan fingerprint density at radius 2 is 0.896 bits per heavy atom. The molecular formula is C50H81N9O8. The van der Waals surface area contributed by atoms with Crippen LogP contribution in [0.3, 0.4) is 0 Å². The number of aromatic amines is 5. The Morgan fingerprint density at radius 1 is 0.448 bits per heavy atom. The summed E-state index contributed by atoms with van der Waals surface area (Å²) in [5.41, 5.74) is 7.45. The number of pyridine rings is 1. The lowest BCUT2D eigenvalue weighted by molar-refractivity contribution is 0.243. The molecule has 0 spiro atoms. The lowest BCUT2D eigenvalue weighted by atomic mass is 9.83. The number of aromatic hydroxyl groups is 2. The molecule has 67 heavy (non-hydrogen) atoms. The Hall–Kier alpha value is -6.26. The Bertz CT molecular complexity index is 2750. The normalized spacial score (nSPS) is 12.9. The van der Waals surface area contributed by atoms with E-state index in [1.165, 1.54) is 0 Å². The number of urea groups is 1. The van der Waals surface area contributed by atoms with E-state index in [1.807, 2.05) is 83.1 Å². The third-order valence-electron chi connectivity index (χ3n) is 10.1. The van der Waals surface area contributed by atoms with Crippen LogP contribution in [0.2, 0.25) is 0 Å². The molecule has 0 saturated heterocycles. The second kappa shape index (κ2) is 22.5. The van der Waals surface area contributed by atoms with E-state index in [0.29, 0.717) is 34.0 Å². The van der Waals surface area contributed by atoms with Gasteiger partial charge in [-0.15, -0.1) is 0 Å². The van der Waals surface area contributed by atoms with Crippen LogP contribution in [0.5, 0.6) is 11.8 Å². The maximum atomic E-state index is 11.6. The van der Waals surface area contributed by atoms with Gasteiger partial charge in [-0.05, 0) is 75.8 Å². The molecule has 17 nitrogen and oxygen atoms in total. The minimum absolute atomic E-state index is 0. The third-order valence-corrected chi connectivity index (χ3v) is 10.1. The zero-order valence-corrected chi connectivity index (χ0v) is 43.4. The van der Waals surface area contributed by atoms with Crippen molar-refractivity contribution in [3.05, 3.63) is 132 Å². The molecule has 4 aromatic heterocycles. The second-order valence-electron chi connectivity index (χ2n) is 21.6. The van der Waals surface area contributed by atoms with Crippen molar-refractivity contribution in [3.8, 4) is 11.8 Å². The number of hydrogen-bond donors (Lipinski definition) is 9. The van der Waals surface area contributed by atoms with Gasteiger partial charge in [-0.1, -0.05) is 118 Å². The van der Waals surface area contributed by atoms with Gasteiger partial charge >= 0.3 is 11.7 Å². The standard InChI is InChI=1S/C11H17NO2.2C10H16N2O.2C9H14N2O2.CH4/c1-6-7(2)9(13)12-10(14)8(6)11(3,4)5;1-6-8(10(3,4)5)11-7(2)9(13)12-6;1-6-8(10(3,4)5)7(2)12-9(13)11-6;1-5-7(12)11-8(13)6(10-5)9(2,3)4;1-5-6(9(2,3)4)7(12)11-8(13)10-5;/h1-5H3,(H2,12,13,14);1-5H3,(H,12,13);1H2,2-5H3,(H2,11,12,13);1-4H3,(H2,11,12,13);1-4H3,(H2,10,11,12,13);1H4. The summed E-state index contributed by atoms with van der Waals surface area (Å²) >= 11 is 0. The first-order valence-corrected chi connectivity index (χ1v) is 21.7. The Labute approximate surface area is 395 Å². The molecule has 0 fully saturated rings. The highest BCUT2D eigenvalue weighted by atomic mass is 16.3. The first-order chi connectivity index (χ1) is 29.5. The van der Waals surface area contributed by atoms with Crippen molar-refractivity contribution >= 4 is 6.03 Å². The van der Waals surface area contributed by atoms with E-state index in [-0.39, 0.29) is 74.5 Å². The van der Waals surface area contributed by atoms with Crippen molar-refractivity contribution in [2.45, 2.75) is 181 Å². The number of aryl methyl sites for hydroxylation is 4. The van der Waals surface area contributed by atoms with Gasteiger partial charge in [-0.2, -0.15) is 0 Å². The molecule has 1 aliphatic heterocycles. The van der Waals surface area contributed by atoms with Crippen LogP contribution in [0.15, 0.2) is 47.5 Å². The number of allylic oxidation sites excluding steroid dienone is 2. The van der Waals surface area contributed by atoms with E-state index in [9.17, 15) is 39.0 Å². The van der Waals surface area contributed by atoms with Crippen LogP contribution in [-0.4, -0.2) is 51.1 Å². The number of H-pyrrole nitrogens is 5. The molecule has 4 aromatic rings. The predicted molar refractivity (Wildman–Crippen MR) is 271 cm³/mol. The molecule has 0 radical (unpaired) electrons. The minimum Gasteiger partial charge on any atom is -0.494 e. The number of hydrogen-bond acceptors (Lipinski definition) is 10. The lowest BCUT2D eigenvalue weighted by Crippen LogP contribution is -2.41. The van der Waals surface area contributed by atoms with Gasteiger partial charge in [0.2, 0.25) is 5.88 Å². The average molecular weight is 936 g/mol. The summed E-state index contributed by atoms with van der Waals surface area (Å²) in [5.74, 6) is -0.182. The van der Waals surface area contributed by atoms with E-state index < -0.39 is 5.69 Å². The van der Waals surface area contributed by atoms with Gasteiger partial charge in [0, 0.05) is 50.3 Å². The van der Waals surface area contributed by atoms with Crippen molar-refractivity contribution in [1.29, 1.82) is 0 Å². The number of carbonyl (C=O) groups is 1. The van der Waals surface area contributed by atoms with Gasteiger partial charge < -0.3 is 30.8 Å². The van der Waals surface area contributed by atoms with Gasteiger partial charge in [0.05, 0.1) is 11.4 Å². The zero-order chi connectivity index (χ0) is 52.0. The Balaban J connectivity index is 0.000000810. The quantitative estimate of drug-likeness (QED) is 0.0815. The molecule has 1 aliphatic rings. The first-order valence-electron chi connectivity index (χ1n) is 21.7. The number of aromatic nitrogens is 7. The van der Waals surface area contributed by atoms with Gasteiger partial charge in [-0.25, -0.2) is 14.6 Å². The molecule has 0 unspecified atom stereocenters. The SMILES string of the molecule is C.C=C1NC(=O)NC(C)=C1C(C)(C)C.Cc1[nH]c(=O)[nH]c(=O)c1C(C)(C)C.Cc1[nH]c(=O)c(C)nc1C(C)(C)C.Cc1c(O)[nH]c(=O)c(C(C)(C)C)c1C.Cc1nc(C(C)(C)C)c(=O)[nH]c1O. The van der Waals surface area contributed by atoms with Gasteiger partial charge in [0.25, 0.3) is 22.2 Å². The third kappa shape index (κ3) is 17.2. The number of carbonyl (C=O) groups excluding carboxylic acids is 1. The number of rotatable bonds is 0. The van der Waals surface area contributed by atoms with Crippen LogP contribution in [0, 0.1) is 47.0 Å². The van der Waals surface area contributed by atoms with Gasteiger partial charge in [-0.3, -0.25) is 39.1 Å². The number of nitrogens with one attached hydrogen (secondary N) is 7. The summed E-state index contributed by atoms with van der Waals surface area (Å²) < 4.78 is 0. The smallest absolute Gasteiger partial charge is 0.325 e. The highest BCUT2D eigenvalue weighted by Crippen LogP contribution is 2.33. The summed E-state index contributed by atoms with van der Waals surface area (Å²) in [6.45, 7) is 46.4. The van der Waals surface area contributed by atoms with Crippen molar-refractivity contribution in [2.24, 2.45) is 5.41 Å². The van der Waals surface area contributed by atoms with Crippen LogP contribution in [0.25, 0.3) is 0 Å². The molecule has 17 heteroatoms. The number of nitrogens with zero attached hydrogens (tertiary/aromatic N) is 2. The minimum atomic E-state index is -0.449. The van der Waals surface area contributed by atoms with Crippen LogP contribution in [-0.2, 0) is 21.7 Å². The fourth-order valence-corrected chi connectivity index (χ4v) is 7.30. The molecule has 0 atom stereocenters. The molecule has 374 valence electrons. The van der Waals surface area contributed by atoms with Crippen molar-refractivity contribution in [3.63, 3.8) is 0 Å². The largest absolute Gasteiger partial charge is 0.494 e. The molecule has 5 rings (SSSR count). The highest BCUT2D eigenvalue weighted by molar-refractivity contribution is 5.81. The average Bonchev–Trinajstić information content (AvgIpc) is 3.08. The van der Waals surface area contributed by atoms with E-state index in [0.717, 1.165) is 39.3 Å². The molecule has 0 bridgehead atoms. The maximum Gasteiger partial charge on any atom is 0.325 e. The Morgan fingerprint density at radius 3 is 1.31 bits per heavy atom. The van der Waals surface area contributed by atoms with Crippen LogP contribution in [0.1, 0.15) is 175 Å². The monoisotopic (exact) mass is 936 g/mol. The summed E-state index contributed by atoms with van der Waals surface area (Å²) in [4.78, 5) is 88.3. The van der Waals surface area contributed by atoms with E-state index in [1.54, 1.807) is 27.7 Å². The summed E-state index contributed by atoms with van der Waals surface area (Å²) in [6, 6.07) is -0.199. The molecule has 9 N–H and O–H groups in total. The summed E-state index contributed by atoms with van der Waals surface area (Å²) in [5, 5.41) is 24.0. The Kier molecular flexibility index (Phi) is 20.4. The molecular weight excluding hydrogens is 855 g/mol. The molecule has 2 amide bonds. The van der Waals surface area contributed by atoms with Crippen LogP contribution >= 0.6 is 0 Å². The molecule has 0 aromatic carbocycles. The second-order valence-corrected chi connectivity index (χ2v) is 21.6. The van der Waals surface area contributed by atoms with E-state index >= 15 is 0 Å². The molecule has 5 heterocycles. The van der Waals surface area contributed by atoms with Gasteiger partial charge in [0.15, 0.2) is 5.88 Å². The van der Waals surface area contributed by atoms with Crippen molar-refractivity contribution in [2.75, 3.05) is 0 Å². The summed E-state index contributed by atoms with van der Waals surface area (Å²) in [6.07, 6.45) is 0. The molecule has 0 saturated carbocycles. The van der Waals surface area contributed by atoms with Crippen molar-refractivity contribution < 1.29 is 15.0 Å². The fourth-order valence-electron chi connectivity index (χ4n) is 7.30. The zero-order valence-electron chi connectivity index (χ0n) is 43.4. The first kappa shape index (κ1) is 60.7. The highest BCUT2D eigenvalue weighted by Gasteiger charge is 2.28. The van der Waals surface area contributed by atoms with E-state index in [2.05, 4.69) is 93.6 Å². The number of amides is 2.